The maximum absolute atomic E-state index is 8.74. The van der Waals surface area contributed by atoms with Gasteiger partial charge in [0.15, 0.2) is 6.29 Å². The highest BCUT2D eigenvalue weighted by atomic mass is 16.7. The molecule has 0 heterocycles. The number of hydrogen-bond acceptors (Lipinski definition) is 3. The van der Waals surface area contributed by atoms with E-state index in [9.17, 15) is 0 Å². The second kappa shape index (κ2) is 26.7. The van der Waals surface area contributed by atoms with Crippen LogP contribution in [0.2, 0.25) is 0 Å². The Balaban J connectivity index is 3.77. The first-order chi connectivity index (χ1) is 14.8. The Hall–Kier alpha value is -0.380. The van der Waals surface area contributed by atoms with Gasteiger partial charge in [-0.2, -0.15) is 0 Å². The van der Waals surface area contributed by atoms with E-state index in [0.29, 0.717) is 0 Å². The van der Waals surface area contributed by atoms with Gasteiger partial charge in [0, 0.05) is 19.8 Å². The molecule has 0 rings (SSSR count). The predicted octanol–water partition coefficient (Wildman–Crippen LogP) is 8.35. The summed E-state index contributed by atoms with van der Waals surface area (Å²) in [5, 5.41) is 8.74. The number of allylic oxidation sites excluding steroid dienone is 1. The first-order valence-electron chi connectivity index (χ1n) is 13.3. The van der Waals surface area contributed by atoms with Crippen LogP contribution < -0.4 is 0 Å². The zero-order chi connectivity index (χ0) is 22.0. The highest BCUT2D eigenvalue weighted by Gasteiger charge is 2.09. The van der Waals surface area contributed by atoms with E-state index in [-0.39, 0.29) is 12.9 Å². The van der Waals surface area contributed by atoms with Crippen molar-refractivity contribution in [3.8, 4) is 0 Å². The molecule has 0 aliphatic heterocycles. The summed E-state index contributed by atoms with van der Waals surface area (Å²) in [7, 11) is 0. The molecule has 30 heavy (non-hydrogen) atoms. The lowest BCUT2D eigenvalue weighted by atomic mass is 10.1. The molecule has 0 radical (unpaired) electrons. The van der Waals surface area contributed by atoms with Gasteiger partial charge in [0.25, 0.3) is 0 Å². The van der Waals surface area contributed by atoms with Gasteiger partial charge in [0.2, 0.25) is 0 Å². The van der Waals surface area contributed by atoms with Crippen LogP contribution >= 0.6 is 0 Å². The standard InChI is InChI=1S/C27H54O3/c1-3-5-7-17-21-25-29-27(30-26-22-18-8-6-4-2)23-19-15-13-11-9-10-12-14-16-20-24-28/h14,16,27-28H,3-13,15,17-26H2,1-2H3/b16-14-. The fraction of sp³-hybridized carbons (Fsp3) is 0.926. The Morgan fingerprint density at radius 3 is 1.60 bits per heavy atom. The zero-order valence-corrected chi connectivity index (χ0v) is 20.6. The van der Waals surface area contributed by atoms with Crippen LogP contribution in [-0.2, 0) is 9.47 Å². The first kappa shape index (κ1) is 29.6. The number of ether oxygens (including phenoxy) is 2. The Labute approximate surface area is 189 Å². The van der Waals surface area contributed by atoms with Crippen molar-refractivity contribution >= 4 is 0 Å². The van der Waals surface area contributed by atoms with Gasteiger partial charge >= 0.3 is 0 Å². The lowest BCUT2D eigenvalue weighted by Gasteiger charge is -2.19. The molecule has 3 heteroatoms. The molecule has 0 aromatic heterocycles. The normalized spacial score (nSPS) is 11.9. The van der Waals surface area contributed by atoms with E-state index in [4.69, 9.17) is 14.6 Å². The van der Waals surface area contributed by atoms with Crippen LogP contribution in [0.25, 0.3) is 0 Å². The molecule has 0 unspecified atom stereocenters. The Bertz CT molecular complexity index is 314. The van der Waals surface area contributed by atoms with Crippen LogP contribution in [0.3, 0.4) is 0 Å². The van der Waals surface area contributed by atoms with Gasteiger partial charge in [-0.3, -0.25) is 0 Å². The number of rotatable bonds is 25. The molecule has 180 valence electrons. The molecule has 0 bridgehead atoms. The summed E-state index contributed by atoms with van der Waals surface area (Å²) in [6.07, 6.45) is 27.9. The summed E-state index contributed by atoms with van der Waals surface area (Å²) < 4.78 is 12.2. The van der Waals surface area contributed by atoms with Gasteiger partial charge in [-0.1, -0.05) is 103 Å². The highest BCUT2D eigenvalue weighted by molar-refractivity contribution is 4.80. The molecule has 0 atom stereocenters. The molecule has 0 aliphatic carbocycles. The van der Waals surface area contributed by atoms with E-state index in [1.54, 1.807) is 0 Å². The average molecular weight is 427 g/mol. The summed E-state index contributed by atoms with van der Waals surface area (Å²) in [6.45, 7) is 6.50. The maximum atomic E-state index is 8.74. The fourth-order valence-corrected chi connectivity index (χ4v) is 3.65. The molecule has 3 nitrogen and oxygen atoms in total. The van der Waals surface area contributed by atoms with Crippen molar-refractivity contribution < 1.29 is 14.6 Å². The second-order valence-corrected chi connectivity index (χ2v) is 8.68. The zero-order valence-electron chi connectivity index (χ0n) is 20.6. The molecule has 0 saturated heterocycles. The van der Waals surface area contributed by atoms with E-state index >= 15 is 0 Å². The van der Waals surface area contributed by atoms with Crippen molar-refractivity contribution in [3.63, 3.8) is 0 Å². The molecular formula is C27H54O3. The minimum absolute atomic E-state index is 0.0130. The smallest absolute Gasteiger partial charge is 0.157 e. The van der Waals surface area contributed by atoms with Crippen LogP contribution in [0, 0.1) is 0 Å². The molecule has 0 amide bonds. The van der Waals surface area contributed by atoms with Crippen LogP contribution in [0.15, 0.2) is 12.2 Å². The van der Waals surface area contributed by atoms with Gasteiger partial charge in [-0.25, -0.2) is 0 Å². The number of aliphatic hydroxyl groups excluding tert-OH is 1. The molecule has 0 aromatic rings. The molecule has 0 fully saturated rings. The minimum Gasteiger partial charge on any atom is -0.396 e. The number of unbranched alkanes of at least 4 members (excludes halogenated alkanes) is 14. The molecule has 0 saturated carbocycles. The average Bonchev–Trinajstić information content (AvgIpc) is 2.76. The van der Waals surface area contributed by atoms with E-state index in [2.05, 4.69) is 26.0 Å². The van der Waals surface area contributed by atoms with Crippen molar-refractivity contribution in [1.82, 2.24) is 0 Å². The van der Waals surface area contributed by atoms with Crippen LogP contribution in [0.5, 0.6) is 0 Å². The summed E-state index contributed by atoms with van der Waals surface area (Å²) in [5.74, 6) is 0. The number of hydrogen-bond donors (Lipinski definition) is 1. The fourth-order valence-electron chi connectivity index (χ4n) is 3.65. The first-order valence-corrected chi connectivity index (χ1v) is 13.3. The topological polar surface area (TPSA) is 38.7 Å². The Morgan fingerprint density at radius 1 is 0.567 bits per heavy atom. The van der Waals surface area contributed by atoms with Crippen molar-refractivity contribution in [2.24, 2.45) is 0 Å². The molecule has 1 N–H and O–H groups in total. The quantitative estimate of drug-likeness (QED) is 0.0905. The highest BCUT2D eigenvalue weighted by Crippen LogP contribution is 2.14. The summed E-state index contributed by atoms with van der Waals surface area (Å²) in [6, 6.07) is 0. The van der Waals surface area contributed by atoms with Crippen molar-refractivity contribution in [2.75, 3.05) is 19.8 Å². The largest absolute Gasteiger partial charge is 0.396 e. The monoisotopic (exact) mass is 426 g/mol. The SMILES string of the molecule is CCCCCCCOC(CCCCCCCC/C=C\CCO)OCCCCCCC. The van der Waals surface area contributed by atoms with Gasteiger partial charge in [-0.15, -0.1) is 0 Å². The van der Waals surface area contributed by atoms with Crippen LogP contribution in [0.1, 0.15) is 136 Å². The van der Waals surface area contributed by atoms with Crippen LogP contribution in [0.4, 0.5) is 0 Å². The van der Waals surface area contributed by atoms with Gasteiger partial charge in [0.1, 0.15) is 0 Å². The molecule has 0 aromatic carbocycles. The van der Waals surface area contributed by atoms with E-state index in [0.717, 1.165) is 32.5 Å². The van der Waals surface area contributed by atoms with E-state index < -0.39 is 0 Å². The van der Waals surface area contributed by atoms with Crippen molar-refractivity contribution in [2.45, 2.75) is 142 Å². The summed E-state index contributed by atoms with van der Waals surface area (Å²) >= 11 is 0. The third kappa shape index (κ3) is 23.9. The van der Waals surface area contributed by atoms with Gasteiger partial charge < -0.3 is 14.6 Å². The van der Waals surface area contributed by atoms with Crippen molar-refractivity contribution in [1.29, 1.82) is 0 Å². The van der Waals surface area contributed by atoms with E-state index in [1.807, 2.05) is 0 Å². The van der Waals surface area contributed by atoms with Crippen molar-refractivity contribution in [3.05, 3.63) is 12.2 Å². The maximum Gasteiger partial charge on any atom is 0.157 e. The predicted molar refractivity (Wildman–Crippen MR) is 131 cm³/mol. The van der Waals surface area contributed by atoms with Gasteiger partial charge in [0.05, 0.1) is 0 Å². The molecule has 0 spiro atoms. The molecule has 0 aliphatic rings. The second-order valence-electron chi connectivity index (χ2n) is 8.68. The Kier molecular flexibility index (Phi) is 26.3. The van der Waals surface area contributed by atoms with Crippen LogP contribution in [-0.4, -0.2) is 31.2 Å². The van der Waals surface area contributed by atoms with Gasteiger partial charge in [-0.05, 0) is 44.9 Å². The lowest BCUT2D eigenvalue weighted by Crippen LogP contribution is -2.19. The third-order valence-corrected chi connectivity index (χ3v) is 5.63. The molecular weight excluding hydrogens is 372 g/mol. The summed E-state index contributed by atoms with van der Waals surface area (Å²) in [5.41, 5.74) is 0. The third-order valence-electron chi connectivity index (χ3n) is 5.63. The number of aliphatic hydroxyl groups is 1. The minimum atomic E-state index is 0.0130. The van der Waals surface area contributed by atoms with E-state index in [1.165, 1.54) is 103 Å². The summed E-state index contributed by atoms with van der Waals surface area (Å²) in [4.78, 5) is 0. The lowest BCUT2D eigenvalue weighted by molar-refractivity contribution is -0.148. The Morgan fingerprint density at radius 2 is 1.03 bits per heavy atom.